The maximum Gasteiger partial charge on any atom is 0.191 e. The average molecular weight is 409 g/mol. The Kier molecular flexibility index (Phi) is 5.39. The summed E-state index contributed by atoms with van der Waals surface area (Å²) < 4.78 is 6.08. The molecule has 0 bridgehead atoms. The third-order valence-corrected chi connectivity index (χ3v) is 6.21. The molecule has 7 nitrogen and oxygen atoms in total. The number of hydrogen-bond acceptors (Lipinski definition) is 5. The number of hydrogen-bond donors (Lipinski definition) is 1. The molecule has 3 aromatic rings. The fourth-order valence-corrected chi connectivity index (χ4v) is 4.07. The number of pyridine rings is 1. The van der Waals surface area contributed by atoms with Crippen molar-refractivity contribution in [2.75, 3.05) is 57.2 Å². The van der Waals surface area contributed by atoms with E-state index in [1.165, 1.54) is 5.69 Å². The Labute approximate surface area is 177 Å². The molecule has 1 aliphatic rings. The first kappa shape index (κ1) is 20.2. The smallest absolute Gasteiger partial charge is 0.191 e. The van der Waals surface area contributed by atoms with Crippen molar-refractivity contribution >= 4 is 34.5 Å². The third-order valence-electron chi connectivity index (χ3n) is 6.21. The highest BCUT2D eigenvalue weighted by Crippen LogP contribution is 2.33. The maximum atomic E-state index is 12.0. The van der Waals surface area contributed by atoms with Gasteiger partial charge in [-0.3, -0.25) is 4.48 Å². The van der Waals surface area contributed by atoms with Gasteiger partial charge in [-0.25, -0.2) is 4.98 Å². The zero-order valence-corrected chi connectivity index (χ0v) is 18.1. The number of aldehydes is 1. The summed E-state index contributed by atoms with van der Waals surface area (Å²) in [6.45, 7) is 5.29. The lowest BCUT2D eigenvalue weighted by Crippen LogP contribution is -2.55. The van der Waals surface area contributed by atoms with Crippen LogP contribution in [0.1, 0.15) is 6.92 Å². The third kappa shape index (κ3) is 3.61. The van der Waals surface area contributed by atoms with E-state index < -0.39 is 0 Å². The van der Waals surface area contributed by atoms with E-state index in [1.807, 2.05) is 30.5 Å². The van der Waals surface area contributed by atoms with Crippen molar-refractivity contribution in [1.29, 1.82) is 0 Å². The Balaban J connectivity index is 1.61. The van der Waals surface area contributed by atoms with Gasteiger partial charge >= 0.3 is 0 Å². The minimum absolute atomic E-state index is 0.249. The molecular formula is C23H30N5O2+. The Bertz CT molecular complexity index is 1050. The molecule has 7 heteroatoms. The number of methoxy groups -OCH3 is 1. The molecule has 2 aromatic heterocycles. The van der Waals surface area contributed by atoms with Crippen molar-refractivity contribution in [3.8, 4) is 5.75 Å². The van der Waals surface area contributed by atoms with Crippen LogP contribution >= 0.6 is 0 Å². The highest BCUT2D eigenvalue weighted by atomic mass is 16.5. The molecule has 1 fully saturated rings. The number of carbonyl (C=O) groups excluding carboxylic acids is 1. The second-order valence-corrected chi connectivity index (χ2v) is 8.30. The molecule has 0 aliphatic carbocycles. The van der Waals surface area contributed by atoms with Crippen LogP contribution in [0.5, 0.6) is 5.75 Å². The molecule has 1 unspecified atom stereocenters. The number of aromatic amines is 1. The second-order valence-electron chi connectivity index (χ2n) is 8.30. The van der Waals surface area contributed by atoms with Crippen molar-refractivity contribution in [3.05, 3.63) is 42.6 Å². The van der Waals surface area contributed by atoms with Gasteiger partial charge in [-0.15, -0.1) is 0 Å². The molecule has 4 rings (SSSR count). The van der Waals surface area contributed by atoms with Gasteiger partial charge in [0.15, 0.2) is 11.5 Å². The van der Waals surface area contributed by atoms with Gasteiger partial charge in [0.2, 0.25) is 0 Å². The topological polar surface area (TPSA) is 61.5 Å². The lowest BCUT2D eigenvalue weighted by atomic mass is 10.1. The molecule has 1 atom stereocenters. The minimum atomic E-state index is -0.249. The molecule has 1 saturated heterocycles. The molecule has 0 amide bonds. The Morgan fingerprint density at radius 2 is 2.10 bits per heavy atom. The van der Waals surface area contributed by atoms with Crippen molar-refractivity contribution in [2.45, 2.75) is 13.0 Å². The zero-order valence-electron chi connectivity index (χ0n) is 18.1. The SMILES string of the molecule is CC[N+](C)(C)c1cccnc1N1CCN(c2cc3cc(OC)ccc3[nH]2)C(C=O)C1. The molecule has 30 heavy (non-hydrogen) atoms. The van der Waals surface area contributed by atoms with Crippen LogP contribution in [0.15, 0.2) is 42.6 Å². The van der Waals surface area contributed by atoms with Gasteiger partial charge in [-0.2, -0.15) is 0 Å². The predicted octanol–water partition coefficient (Wildman–Crippen LogP) is 3.05. The number of piperazine rings is 1. The Morgan fingerprint density at radius 3 is 2.83 bits per heavy atom. The minimum Gasteiger partial charge on any atom is -0.497 e. The standard InChI is InChI=1S/C23H30N5O2/c1-5-28(2,3)21-7-6-10-24-23(21)26-11-12-27(18(15-26)16-29)22-14-17-13-19(30-4)8-9-20(17)25-22/h6-10,13-14,16,18,25H,5,11-12,15H2,1-4H3/q+1. The summed E-state index contributed by atoms with van der Waals surface area (Å²) in [5.41, 5.74) is 2.21. The first-order valence-electron chi connectivity index (χ1n) is 10.4. The number of aromatic nitrogens is 2. The van der Waals surface area contributed by atoms with Crippen LogP contribution in [-0.4, -0.2) is 69.7 Å². The monoisotopic (exact) mass is 408 g/mol. The van der Waals surface area contributed by atoms with Crippen LogP contribution in [0.2, 0.25) is 0 Å². The van der Waals surface area contributed by atoms with E-state index in [2.05, 4.69) is 47.9 Å². The summed E-state index contributed by atoms with van der Waals surface area (Å²) >= 11 is 0. The van der Waals surface area contributed by atoms with Crippen molar-refractivity contribution in [1.82, 2.24) is 14.5 Å². The Hall–Kier alpha value is -3.06. The molecule has 0 saturated carbocycles. The number of nitrogens with one attached hydrogen (secondary N) is 1. The van der Waals surface area contributed by atoms with Crippen LogP contribution in [0, 0.1) is 0 Å². The summed E-state index contributed by atoms with van der Waals surface area (Å²) in [5.74, 6) is 2.75. The first-order valence-corrected chi connectivity index (χ1v) is 10.4. The van der Waals surface area contributed by atoms with Gasteiger partial charge in [-0.1, -0.05) is 0 Å². The van der Waals surface area contributed by atoms with E-state index in [0.29, 0.717) is 6.54 Å². The van der Waals surface area contributed by atoms with Gasteiger partial charge in [0.05, 0.1) is 27.7 Å². The van der Waals surface area contributed by atoms with Crippen molar-refractivity contribution in [2.24, 2.45) is 0 Å². The zero-order chi connectivity index (χ0) is 21.3. The molecule has 1 N–H and O–H groups in total. The molecule has 158 valence electrons. The van der Waals surface area contributed by atoms with E-state index in [1.54, 1.807) is 7.11 Å². The molecule has 1 aliphatic heterocycles. The summed E-state index contributed by atoms with van der Waals surface area (Å²) in [5, 5.41) is 1.07. The lowest BCUT2D eigenvalue weighted by molar-refractivity contribution is -0.109. The van der Waals surface area contributed by atoms with E-state index in [-0.39, 0.29) is 6.04 Å². The predicted molar refractivity (Wildman–Crippen MR) is 123 cm³/mol. The molecule has 3 heterocycles. The van der Waals surface area contributed by atoms with Crippen LogP contribution < -0.4 is 19.0 Å². The summed E-state index contributed by atoms with van der Waals surface area (Å²) in [6.07, 6.45) is 2.88. The highest BCUT2D eigenvalue weighted by molar-refractivity contribution is 5.86. The molecular weight excluding hydrogens is 378 g/mol. The van der Waals surface area contributed by atoms with E-state index in [4.69, 9.17) is 9.72 Å². The van der Waals surface area contributed by atoms with Crippen molar-refractivity contribution in [3.63, 3.8) is 0 Å². The first-order chi connectivity index (χ1) is 14.5. The average Bonchev–Trinajstić information content (AvgIpc) is 3.21. The van der Waals surface area contributed by atoms with Crippen LogP contribution in [-0.2, 0) is 4.79 Å². The van der Waals surface area contributed by atoms with Gasteiger partial charge in [0.25, 0.3) is 0 Å². The van der Waals surface area contributed by atoms with Gasteiger partial charge < -0.3 is 24.3 Å². The summed E-state index contributed by atoms with van der Waals surface area (Å²) in [6, 6.07) is 11.9. The van der Waals surface area contributed by atoms with Gasteiger partial charge in [0.1, 0.15) is 23.9 Å². The number of quaternary nitrogens is 1. The second kappa shape index (κ2) is 7.99. The largest absolute Gasteiger partial charge is 0.497 e. The van der Waals surface area contributed by atoms with E-state index in [9.17, 15) is 4.79 Å². The fraction of sp³-hybridized carbons (Fsp3) is 0.391. The number of ether oxygens (including phenoxy) is 1. The van der Waals surface area contributed by atoms with Gasteiger partial charge in [-0.05, 0) is 37.3 Å². The van der Waals surface area contributed by atoms with Gasteiger partial charge in [0, 0.05) is 42.8 Å². The van der Waals surface area contributed by atoms with Crippen LogP contribution in [0.3, 0.4) is 0 Å². The molecule has 1 aromatic carbocycles. The number of carbonyl (C=O) groups is 1. The Morgan fingerprint density at radius 1 is 1.27 bits per heavy atom. The molecule has 0 radical (unpaired) electrons. The maximum absolute atomic E-state index is 12.0. The van der Waals surface area contributed by atoms with Crippen LogP contribution in [0.4, 0.5) is 17.3 Å². The van der Waals surface area contributed by atoms with E-state index in [0.717, 1.165) is 58.7 Å². The molecule has 0 spiro atoms. The summed E-state index contributed by atoms with van der Waals surface area (Å²) in [7, 11) is 6.04. The van der Waals surface area contributed by atoms with Crippen molar-refractivity contribution < 1.29 is 9.53 Å². The fourth-order valence-electron chi connectivity index (χ4n) is 4.07. The normalized spacial score (nSPS) is 17.4. The van der Waals surface area contributed by atoms with E-state index >= 15 is 0 Å². The number of H-pyrrole nitrogens is 1. The highest BCUT2D eigenvalue weighted by Gasteiger charge is 2.32. The number of benzene rings is 1. The quantitative estimate of drug-likeness (QED) is 0.502. The number of rotatable bonds is 6. The van der Waals surface area contributed by atoms with Crippen LogP contribution in [0.25, 0.3) is 10.9 Å². The number of anilines is 2. The summed E-state index contributed by atoms with van der Waals surface area (Å²) in [4.78, 5) is 24.6. The number of nitrogens with zero attached hydrogens (tertiary/aromatic N) is 4. The lowest BCUT2D eigenvalue weighted by Gasteiger charge is -2.41. The number of fused-ring (bicyclic) bond motifs is 1.